The molecule has 0 aliphatic carbocycles. The topological polar surface area (TPSA) is 95.9 Å². The number of rotatable bonds is 61. The predicted octanol–water partition coefficient (Wildman–Crippen LogP) is 20.6. The Bertz CT molecular complexity index is 1120. The number of carbonyl (C=O) groups is 2. The van der Waals surface area contributed by atoms with E-state index in [1.165, 1.54) is 270 Å². The highest BCUT2D eigenvalue weighted by atomic mass is 16.5. The van der Waals surface area contributed by atoms with Crippen molar-refractivity contribution in [2.75, 3.05) is 13.2 Å². The van der Waals surface area contributed by atoms with Crippen molar-refractivity contribution in [3.05, 3.63) is 24.3 Å². The highest BCUT2D eigenvalue weighted by Crippen LogP contribution is 2.18. The number of carbonyl (C=O) groups excluding carboxylic acids is 2. The third-order valence-corrected chi connectivity index (χ3v) is 15.3. The maximum Gasteiger partial charge on any atom is 0.305 e. The van der Waals surface area contributed by atoms with Crippen LogP contribution in [0.2, 0.25) is 0 Å². The third kappa shape index (κ3) is 57.6. The molecule has 2 unspecified atom stereocenters. The van der Waals surface area contributed by atoms with Crippen LogP contribution in [0.3, 0.4) is 0 Å². The van der Waals surface area contributed by atoms with Crippen molar-refractivity contribution in [3.63, 3.8) is 0 Å². The predicted molar refractivity (Wildman–Crippen MR) is 315 cm³/mol. The minimum atomic E-state index is -0.673. The zero-order valence-corrected chi connectivity index (χ0v) is 48.7. The molecule has 0 aromatic carbocycles. The van der Waals surface area contributed by atoms with Gasteiger partial charge in [0.1, 0.15) is 0 Å². The Morgan fingerprint density at radius 2 is 0.694 bits per heavy atom. The standard InChI is InChI=1S/C66H127NO5/c1-3-5-7-9-11-13-15-17-19-21-23-24-25-27-28-30-34-38-42-46-50-54-58-64(69)63(62-68)67-65(70)59-55-51-47-43-39-35-32-33-37-41-45-49-53-57-61-72-66(71)60-56-52-48-44-40-36-31-29-26-22-20-18-16-14-12-10-8-6-4-2/h12,14,18,20,63-64,68-69H,3-11,13,15-17,19,21-62H2,1-2H3,(H,67,70)/b14-12-,20-18-. The molecule has 72 heavy (non-hydrogen) atoms. The van der Waals surface area contributed by atoms with Gasteiger partial charge in [-0.3, -0.25) is 9.59 Å². The summed E-state index contributed by atoms with van der Waals surface area (Å²) in [5, 5.41) is 23.4. The van der Waals surface area contributed by atoms with Crippen molar-refractivity contribution in [2.24, 2.45) is 0 Å². The van der Waals surface area contributed by atoms with E-state index in [0.717, 1.165) is 57.8 Å². The molecule has 0 rings (SSSR count). The minimum Gasteiger partial charge on any atom is -0.466 e. The minimum absolute atomic E-state index is 0.00475. The number of aliphatic hydroxyl groups excluding tert-OH is 2. The Labute approximate surface area is 450 Å². The first-order chi connectivity index (χ1) is 35.5. The maximum atomic E-state index is 12.5. The number of amides is 1. The molecule has 0 spiro atoms. The van der Waals surface area contributed by atoms with Gasteiger partial charge in [-0.25, -0.2) is 0 Å². The molecule has 0 radical (unpaired) electrons. The Kier molecular flexibility index (Phi) is 60.5. The van der Waals surface area contributed by atoms with Crippen LogP contribution in [0.4, 0.5) is 0 Å². The fourth-order valence-corrected chi connectivity index (χ4v) is 10.3. The Balaban J connectivity index is 3.42. The van der Waals surface area contributed by atoms with Crippen molar-refractivity contribution in [1.29, 1.82) is 0 Å². The lowest BCUT2D eigenvalue weighted by molar-refractivity contribution is -0.143. The number of hydrogen-bond donors (Lipinski definition) is 3. The molecule has 426 valence electrons. The average molecular weight is 1010 g/mol. The molecule has 0 fully saturated rings. The normalized spacial score (nSPS) is 12.7. The number of hydrogen-bond acceptors (Lipinski definition) is 5. The smallest absolute Gasteiger partial charge is 0.305 e. The summed E-state index contributed by atoms with van der Waals surface area (Å²) < 4.78 is 5.49. The van der Waals surface area contributed by atoms with Gasteiger partial charge < -0.3 is 20.3 Å². The zero-order valence-electron chi connectivity index (χ0n) is 48.7. The molecule has 0 heterocycles. The van der Waals surface area contributed by atoms with E-state index in [9.17, 15) is 19.8 Å². The molecule has 0 saturated carbocycles. The number of aliphatic hydroxyl groups is 2. The highest BCUT2D eigenvalue weighted by molar-refractivity contribution is 5.76. The maximum absolute atomic E-state index is 12.5. The second kappa shape index (κ2) is 61.9. The van der Waals surface area contributed by atoms with Crippen LogP contribution in [0.1, 0.15) is 361 Å². The molecular weight excluding hydrogens is 887 g/mol. The number of unbranched alkanes of at least 4 members (excludes halogenated alkanes) is 46. The first-order valence-electron chi connectivity index (χ1n) is 32.6. The lowest BCUT2D eigenvalue weighted by atomic mass is 10.0. The van der Waals surface area contributed by atoms with Crippen LogP contribution >= 0.6 is 0 Å². The second-order valence-corrected chi connectivity index (χ2v) is 22.5. The first-order valence-corrected chi connectivity index (χ1v) is 32.6. The summed E-state index contributed by atoms with van der Waals surface area (Å²) in [7, 11) is 0. The van der Waals surface area contributed by atoms with Gasteiger partial charge in [-0.15, -0.1) is 0 Å². The van der Waals surface area contributed by atoms with E-state index in [2.05, 4.69) is 43.5 Å². The van der Waals surface area contributed by atoms with Crippen LogP contribution in [0.5, 0.6) is 0 Å². The molecule has 6 nitrogen and oxygen atoms in total. The van der Waals surface area contributed by atoms with Gasteiger partial charge in [0.25, 0.3) is 0 Å². The summed E-state index contributed by atoms with van der Waals surface area (Å²) in [6.45, 7) is 4.94. The van der Waals surface area contributed by atoms with Gasteiger partial charge in [-0.1, -0.05) is 314 Å². The van der Waals surface area contributed by atoms with Crippen molar-refractivity contribution in [2.45, 2.75) is 373 Å². The Hall–Kier alpha value is -1.66. The lowest BCUT2D eigenvalue weighted by Crippen LogP contribution is -2.45. The molecule has 6 heteroatoms. The summed E-state index contributed by atoms with van der Waals surface area (Å²) in [6.07, 6.45) is 76.1. The molecule has 0 saturated heterocycles. The van der Waals surface area contributed by atoms with E-state index < -0.39 is 12.1 Å². The van der Waals surface area contributed by atoms with Crippen LogP contribution in [-0.4, -0.2) is 47.4 Å². The van der Waals surface area contributed by atoms with E-state index in [1.807, 2.05) is 0 Å². The van der Waals surface area contributed by atoms with Gasteiger partial charge in [-0.05, 0) is 57.8 Å². The first kappa shape index (κ1) is 70.3. The van der Waals surface area contributed by atoms with Gasteiger partial charge in [-0.2, -0.15) is 0 Å². The van der Waals surface area contributed by atoms with E-state index in [-0.39, 0.29) is 18.5 Å². The number of esters is 1. The molecule has 1 amide bonds. The van der Waals surface area contributed by atoms with E-state index in [0.29, 0.717) is 25.9 Å². The average Bonchev–Trinajstić information content (AvgIpc) is 3.38. The van der Waals surface area contributed by atoms with Gasteiger partial charge in [0.05, 0.1) is 25.4 Å². The fourth-order valence-electron chi connectivity index (χ4n) is 10.3. The van der Waals surface area contributed by atoms with Gasteiger partial charge in [0, 0.05) is 12.8 Å². The second-order valence-electron chi connectivity index (χ2n) is 22.5. The third-order valence-electron chi connectivity index (χ3n) is 15.3. The summed E-state index contributed by atoms with van der Waals surface area (Å²) in [5.41, 5.74) is 0. The van der Waals surface area contributed by atoms with Crippen molar-refractivity contribution in [1.82, 2.24) is 5.32 Å². The summed E-state index contributed by atoms with van der Waals surface area (Å²) in [4.78, 5) is 24.6. The quantitative estimate of drug-likeness (QED) is 0.0320. The lowest BCUT2D eigenvalue weighted by Gasteiger charge is -2.22. The van der Waals surface area contributed by atoms with Crippen LogP contribution in [-0.2, 0) is 14.3 Å². The molecule has 3 N–H and O–H groups in total. The van der Waals surface area contributed by atoms with Crippen molar-refractivity contribution < 1.29 is 24.5 Å². The summed E-state index contributed by atoms with van der Waals surface area (Å²) in [5.74, 6) is -0.0465. The molecule has 0 aliphatic heterocycles. The molecule has 0 aliphatic rings. The number of nitrogens with one attached hydrogen (secondary N) is 1. The van der Waals surface area contributed by atoms with Crippen LogP contribution < -0.4 is 5.32 Å². The summed E-state index contributed by atoms with van der Waals surface area (Å²) >= 11 is 0. The number of allylic oxidation sites excluding steroid dienone is 4. The van der Waals surface area contributed by atoms with Gasteiger partial charge in [0.15, 0.2) is 0 Å². The van der Waals surface area contributed by atoms with Crippen LogP contribution in [0, 0.1) is 0 Å². The van der Waals surface area contributed by atoms with Gasteiger partial charge >= 0.3 is 5.97 Å². The van der Waals surface area contributed by atoms with Gasteiger partial charge in [0.2, 0.25) is 5.91 Å². The SMILES string of the molecule is CCCCC/C=C\C/C=C\CCCCCCCCCCCC(=O)OCCCCCCCCCCCCCCCCC(=O)NC(CO)C(O)CCCCCCCCCCCCCCCCCCCCCCCC. The van der Waals surface area contributed by atoms with E-state index in [1.54, 1.807) is 0 Å². The molecular formula is C66H127NO5. The zero-order chi connectivity index (χ0) is 52.2. The number of ether oxygens (including phenoxy) is 1. The van der Waals surface area contributed by atoms with Crippen LogP contribution in [0.15, 0.2) is 24.3 Å². The monoisotopic (exact) mass is 1010 g/mol. The van der Waals surface area contributed by atoms with E-state index in [4.69, 9.17) is 4.74 Å². The fraction of sp³-hybridized carbons (Fsp3) is 0.909. The Morgan fingerprint density at radius 3 is 1.08 bits per heavy atom. The van der Waals surface area contributed by atoms with Crippen molar-refractivity contribution in [3.8, 4) is 0 Å². The highest BCUT2D eigenvalue weighted by Gasteiger charge is 2.20. The van der Waals surface area contributed by atoms with Crippen molar-refractivity contribution >= 4 is 11.9 Å². The molecule has 2 atom stereocenters. The largest absolute Gasteiger partial charge is 0.466 e. The molecule has 0 aromatic heterocycles. The van der Waals surface area contributed by atoms with E-state index >= 15 is 0 Å². The Morgan fingerprint density at radius 1 is 0.389 bits per heavy atom. The van der Waals surface area contributed by atoms with Crippen LogP contribution in [0.25, 0.3) is 0 Å². The molecule has 0 bridgehead atoms. The molecule has 0 aromatic rings. The summed E-state index contributed by atoms with van der Waals surface area (Å²) in [6, 6.07) is -0.551.